The van der Waals surface area contributed by atoms with Crippen molar-refractivity contribution in [2.24, 2.45) is 0 Å². The molecule has 9 nitrogen and oxygen atoms in total. The Bertz CT molecular complexity index is 1030. The number of rotatable bonds is 6. The SMILES string of the molecule is Cc1oc2ccc(OCC(=O)NNC(=O)c3ccco3)cc2c1C(=O)OC(C)C. The normalized spacial score (nSPS) is 10.8. The van der Waals surface area contributed by atoms with Crippen molar-refractivity contribution in [3.63, 3.8) is 0 Å². The molecule has 0 aliphatic carbocycles. The van der Waals surface area contributed by atoms with Crippen LogP contribution in [0.2, 0.25) is 0 Å². The fraction of sp³-hybridized carbons (Fsp3) is 0.250. The highest BCUT2D eigenvalue weighted by atomic mass is 16.5. The van der Waals surface area contributed by atoms with Gasteiger partial charge >= 0.3 is 11.9 Å². The molecule has 0 atom stereocenters. The molecule has 0 radical (unpaired) electrons. The smallest absolute Gasteiger partial charge is 0.342 e. The number of ether oxygens (including phenoxy) is 2. The lowest BCUT2D eigenvalue weighted by Crippen LogP contribution is -2.43. The third kappa shape index (κ3) is 4.75. The highest BCUT2D eigenvalue weighted by Gasteiger charge is 2.21. The molecule has 0 bridgehead atoms. The van der Waals surface area contributed by atoms with Crippen LogP contribution < -0.4 is 15.6 Å². The van der Waals surface area contributed by atoms with E-state index >= 15 is 0 Å². The highest BCUT2D eigenvalue weighted by molar-refractivity contribution is 6.05. The van der Waals surface area contributed by atoms with E-state index in [1.807, 2.05) is 0 Å². The van der Waals surface area contributed by atoms with E-state index in [1.165, 1.54) is 12.3 Å². The van der Waals surface area contributed by atoms with E-state index in [-0.39, 0.29) is 18.5 Å². The van der Waals surface area contributed by atoms with Gasteiger partial charge in [-0.25, -0.2) is 4.79 Å². The largest absolute Gasteiger partial charge is 0.484 e. The highest BCUT2D eigenvalue weighted by Crippen LogP contribution is 2.30. The summed E-state index contributed by atoms with van der Waals surface area (Å²) in [4.78, 5) is 35.9. The topological polar surface area (TPSA) is 120 Å². The number of hydrogen-bond acceptors (Lipinski definition) is 7. The van der Waals surface area contributed by atoms with Crippen molar-refractivity contribution in [1.82, 2.24) is 10.9 Å². The molecule has 3 aromatic rings. The Hall–Kier alpha value is -3.75. The van der Waals surface area contributed by atoms with Crippen LogP contribution in [0.5, 0.6) is 5.75 Å². The van der Waals surface area contributed by atoms with E-state index in [2.05, 4.69) is 10.9 Å². The maximum atomic E-state index is 12.3. The average Bonchev–Trinajstić information content (AvgIpc) is 3.30. The van der Waals surface area contributed by atoms with Gasteiger partial charge in [-0.3, -0.25) is 20.4 Å². The second-order valence-corrected chi connectivity index (χ2v) is 6.41. The quantitative estimate of drug-likeness (QED) is 0.482. The number of hydrogen-bond donors (Lipinski definition) is 2. The van der Waals surface area contributed by atoms with Crippen LogP contribution in [-0.4, -0.2) is 30.5 Å². The van der Waals surface area contributed by atoms with Gasteiger partial charge in [0.2, 0.25) is 0 Å². The van der Waals surface area contributed by atoms with Gasteiger partial charge in [0.15, 0.2) is 12.4 Å². The number of fused-ring (bicyclic) bond motifs is 1. The molecule has 0 spiro atoms. The molecule has 152 valence electrons. The number of esters is 1. The van der Waals surface area contributed by atoms with Gasteiger partial charge in [0.1, 0.15) is 22.7 Å². The van der Waals surface area contributed by atoms with Crippen LogP contribution in [0, 0.1) is 6.92 Å². The maximum absolute atomic E-state index is 12.3. The van der Waals surface area contributed by atoms with E-state index < -0.39 is 17.8 Å². The first kappa shape index (κ1) is 20.0. The molecule has 2 amide bonds. The summed E-state index contributed by atoms with van der Waals surface area (Å²) in [6, 6.07) is 7.86. The molecule has 0 aliphatic heterocycles. The molecule has 0 fully saturated rings. The Balaban J connectivity index is 1.63. The number of aryl methyl sites for hydroxylation is 1. The van der Waals surface area contributed by atoms with E-state index in [4.69, 9.17) is 18.3 Å². The number of nitrogens with one attached hydrogen (secondary N) is 2. The van der Waals surface area contributed by atoms with Crippen LogP contribution in [0.15, 0.2) is 45.4 Å². The maximum Gasteiger partial charge on any atom is 0.342 e. The van der Waals surface area contributed by atoms with Gasteiger partial charge in [0, 0.05) is 5.39 Å². The Morgan fingerprint density at radius 3 is 2.62 bits per heavy atom. The summed E-state index contributed by atoms with van der Waals surface area (Å²) < 4.78 is 21.2. The van der Waals surface area contributed by atoms with Crippen LogP contribution >= 0.6 is 0 Å². The lowest BCUT2D eigenvalue weighted by atomic mass is 10.1. The first-order valence-electron chi connectivity index (χ1n) is 8.84. The molecule has 0 aliphatic rings. The van der Waals surface area contributed by atoms with Crippen LogP contribution in [-0.2, 0) is 9.53 Å². The minimum Gasteiger partial charge on any atom is -0.484 e. The Kier molecular flexibility index (Phi) is 5.87. The molecule has 0 saturated carbocycles. The number of carbonyl (C=O) groups excluding carboxylic acids is 3. The third-order valence-electron chi connectivity index (χ3n) is 3.81. The average molecular weight is 400 g/mol. The Morgan fingerprint density at radius 2 is 1.93 bits per heavy atom. The standard InChI is InChI=1S/C20H20N2O7/c1-11(2)28-20(25)18-12(3)29-15-7-6-13(9-14(15)18)27-10-17(23)21-22-19(24)16-5-4-8-26-16/h4-9,11H,10H2,1-3H3,(H,21,23)(H,22,24). The Labute approximate surface area is 165 Å². The fourth-order valence-corrected chi connectivity index (χ4v) is 2.60. The predicted octanol–water partition coefficient (Wildman–Crippen LogP) is 2.74. The van der Waals surface area contributed by atoms with Crippen LogP contribution in [0.25, 0.3) is 11.0 Å². The van der Waals surface area contributed by atoms with Crippen molar-refractivity contribution < 1.29 is 32.7 Å². The molecule has 2 aromatic heterocycles. The zero-order chi connectivity index (χ0) is 21.0. The number of amides is 2. The third-order valence-corrected chi connectivity index (χ3v) is 3.81. The molecular weight excluding hydrogens is 380 g/mol. The van der Waals surface area contributed by atoms with Crippen molar-refractivity contribution in [1.29, 1.82) is 0 Å². The van der Waals surface area contributed by atoms with E-state index in [0.717, 1.165) is 0 Å². The summed E-state index contributed by atoms with van der Waals surface area (Å²) in [5.74, 6) is -0.815. The first-order valence-corrected chi connectivity index (χ1v) is 8.84. The molecular formula is C20H20N2O7. The van der Waals surface area contributed by atoms with E-state index in [0.29, 0.717) is 28.0 Å². The Morgan fingerprint density at radius 1 is 1.14 bits per heavy atom. The van der Waals surface area contributed by atoms with Crippen molar-refractivity contribution in [3.05, 3.63) is 53.7 Å². The molecule has 9 heteroatoms. The van der Waals surface area contributed by atoms with Crippen LogP contribution in [0.4, 0.5) is 0 Å². The lowest BCUT2D eigenvalue weighted by Gasteiger charge is -2.09. The van der Waals surface area contributed by atoms with Gasteiger partial charge < -0.3 is 18.3 Å². The summed E-state index contributed by atoms with van der Waals surface area (Å²) in [6.07, 6.45) is 1.07. The van der Waals surface area contributed by atoms with Gasteiger partial charge in [-0.2, -0.15) is 0 Å². The van der Waals surface area contributed by atoms with Gasteiger partial charge in [-0.05, 0) is 51.1 Å². The van der Waals surface area contributed by atoms with Gasteiger partial charge in [0.25, 0.3) is 5.91 Å². The van der Waals surface area contributed by atoms with Gasteiger partial charge in [0.05, 0.1) is 12.4 Å². The second kappa shape index (κ2) is 8.51. The van der Waals surface area contributed by atoms with E-state index in [1.54, 1.807) is 45.0 Å². The lowest BCUT2D eigenvalue weighted by molar-refractivity contribution is -0.123. The van der Waals surface area contributed by atoms with Gasteiger partial charge in [-0.15, -0.1) is 0 Å². The number of furan rings is 2. The molecule has 2 heterocycles. The molecule has 1 aromatic carbocycles. The van der Waals surface area contributed by atoms with Crippen LogP contribution in [0.1, 0.15) is 40.5 Å². The zero-order valence-corrected chi connectivity index (χ0v) is 16.1. The molecule has 29 heavy (non-hydrogen) atoms. The molecule has 3 rings (SSSR count). The van der Waals surface area contributed by atoms with Crippen molar-refractivity contribution in [3.8, 4) is 5.75 Å². The second-order valence-electron chi connectivity index (χ2n) is 6.41. The molecule has 0 unspecified atom stereocenters. The monoisotopic (exact) mass is 400 g/mol. The predicted molar refractivity (Wildman–Crippen MR) is 101 cm³/mol. The number of hydrazine groups is 1. The minimum absolute atomic E-state index is 0.0628. The summed E-state index contributed by atoms with van der Waals surface area (Å²) in [5.41, 5.74) is 5.24. The summed E-state index contributed by atoms with van der Waals surface area (Å²) in [7, 11) is 0. The molecule has 0 saturated heterocycles. The fourth-order valence-electron chi connectivity index (χ4n) is 2.60. The van der Waals surface area contributed by atoms with Crippen molar-refractivity contribution in [2.75, 3.05) is 6.61 Å². The first-order chi connectivity index (χ1) is 13.8. The number of carbonyl (C=O) groups is 3. The van der Waals surface area contributed by atoms with Gasteiger partial charge in [-0.1, -0.05) is 0 Å². The summed E-state index contributed by atoms with van der Waals surface area (Å²) in [5, 5.41) is 0.525. The summed E-state index contributed by atoms with van der Waals surface area (Å²) >= 11 is 0. The van der Waals surface area contributed by atoms with Crippen molar-refractivity contribution in [2.45, 2.75) is 26.9 Å². The number of benzene rings is 1. The zero-order valence-electron chi connectivity index (χ0n) is 16.1. The summed E-state index contributed by atoms with van der Waals surface area (Å²) in [6.45, 7) is 4.83. The van der Waals surface area contributed by atoms with Crippen molar-refractivity contribution >= 4 is 28.8 Å². The van der Waals surface area contributed by atoms with E-state index in [9.17, 15) is 14.4 Å². The molecule has 2 N–H and O–H groups in total. The van der Waals surface area contributed by atoms with Crippen LogP contribution in [0.3, 0.4) is 0 Å². The minimum atomic E-state index is -0.591.